The van der Waals surface area contributed by atoms with Crippen LogP contribution in [0.3, 0.4) is 0 Å². The lowest BCUT2D eigenvalue weighted by molar-refractivity contribution is -0.141. The maximum Gasteiger partial charge on any atom is 0.387 e. The summed E-state index contributed by atoms with van der Waals surface area (Å²) in [5.74, 6) is 2.57. The molecule has 4 nitrogen and oxygen atoms in total. The first-order valence-electron chi connectivity index (χ1n) is 12.7. The van der Waals surface area contributed by atoms with E-state index in [-0.39, 0.29) is 34.2 Å². The quantitative estimate of drug-likeness (QED) is 0.523. The van der Waals surface area contributed by atoms with Crippen LogP contribution in [0.2, 0.25) is 0 Å². The van der Waals surface area contributed by atoms with Crippen molar-refractivity contribution in [3.8, 4) is 11.5 Å². The minimum atomic E-state index is -2.92. The Morgan fingerprint density at radius 2 is 1.88 bits per heavy atom. The Morgan fingerprint density at radius 3 is 2.62 bits per heavy atom. The maximum absolute atomic E-state index is 13.7. The van der Waals surface area contributed by atoms with Gasteiger partial charge in [0.05, 0.1) is 13.2 Å². The standard InChI is InChI=1S/C28H36F2O4/c1-27-10-8-19(31)15-18(27)5-6-20-21(27)9-11-28(2)22(20)14-17(25(28)32)12-16-4-7-23(34-26(29)30)24(13-16)33-3/h4,7,12-13,18-22,26,31H,5-6,8-11,14-15H2,1-3H3/b17-12-/t18-,19-,20-,21+,22+,27-,28-/m0/s1. The first kappa shape index (κ1) is 23.8. The van der Waals surface area contributed by atoms with Crippen molar-refractivity contribution >= 4 is 11.9 Å². The first-order valence-corrected chi connectivity index (χ1v) is 12.7. The van der Waals surface area contributed by atoms with Crippen molar-refractivity contribution in [2.45, 2.75) is 77.9 Å². The molecule has 4 fully saturated rings. The number of ether oxygens (including phenoxy) is 2. The number of carbonyl (C=O) groups excluding carboxylic acids is 1. The summed E-state index contributed by atoms with van der Waals surface area (Å²) in [6.07, 6.45) is 9.76. The van der Waals surface area contributed by atoms with E-state index in [1.165, 1.54) is 13.2 Å². The van der Waals surface area contributed by atoms with Crippen LogP contribution in [0.5, 0.6) is 11.5 Å². The highest BCUT2D eigenvalue weighted by molar-refractivity contribution is 6.06. The topological polar surface area (TPSA) is 55.8 Å². The third kappa shape index (κ3) is 3.77. The lowest BCUT2D eigenvalue weighted by Gasteiger charge is -2.59. The molecule has 1 aromatic rings. The number of halogens is 2. The summed E-state index contributed by atoms with van der Waals surface area (Å²) in [5, 5.41) is 10.3. The predicted octanol–water partition coefficient (Wildman–Crippen LogP) is 6.26. The Balaban J connectivity index is 1.41. The van der Waals surface area contributed by atoms with Gasteiger partial charge in [-0.2, -0.15) is 8.78 Å². The van der Waals surface area contributed by atoms with Gasteiger partial charge in [0.15, 0.2) is 17.3 Å². The predicted molar refractivity (Wildman–Crippen MR) is 126 cm³/mol. The van der Waals surface area contributed by atoms with Gasteiger partial charge in [0.2, 0.25) is 0 Å². The molecule has 0 heterocycles. The molecule has 7 atom stereocenters. The smallest absolute Gasteiger partial charge is 0.387 e. The largest absolute Gasteiger partial charge is 0.493 e. The minimum absolute atomic E-state index is 0.0107. The number of alkyl halides is 2. The molecule has 0 saturated heterocycles. The number of Topliss-reactive ketones (excluding diaryl/α,β-unsaturated/α-hetero) is 1. The number of aliphatic hydroxyl groups excluding tert-OH is 1. The number of allylic oxidation sites excluding steroid dienone is 1. The lowest BCUT2D eigenvalue weighted by atomic mass is 9.45. The zero-order valence-corrected chi connectivity index (χ0v) is 20.4. The summed E-state index contributed by atoms with van der Waals surface area (Å²) >= 11 is 0. The van der Waals surface area contributed by atoms with Crippen molar-refractivity contribution in [3.63, 3.8) is 0 Å². The number of hydrogen-bond acceptors (Lipinski definition) is 4. The second-order valence-electron chi connectivity index (χ2n) is 11.5. The summed E-state index contributed by atoms with van der Waals surface area (Å²) in [5.41, 5.74) is 1.54. The van der Waals surface area contributed by atoms with Gasteiger partial charge in [0.1, 0.15) is 0 Å². The normalized spacial score (nSPS) is 40.6. The second-order valence-corrected chi connectivity index (χ2v) is 11.5. The van der Waals surface area contributed by atoms with Crippen LogP contribution in [0.25, 0.3) is 6.08 Å². The van der Waals surface area contributed by atoms with Crippen molar-refractivity contribution in [2.24, 2.45) is 34.5 Å². The van der Waals surface area contributed by atoms with Gasteiger partial charge in [-0.1, -0.05) is 19.9 Å². The van der Waals surface area contributed by atoms with E-state index in [2.05, 4.69) is 18.6 Å². The molecule has 186 valence electrons. The van der Waals surface area contributed by atoms with Crippen molar-refractivity contribution < 1.29 is 28.2 Å². The lowest BCUT2D eigenvalue weighted by Crippen LogP contribution is -2.54. The number of benzene rings is 1. The van der Waals surface area contributed by atoms with Gasteiger partial charge in [0, 0.05) is 5.41 Å². The molecule has 0 aliphatic heterocycles. The molecule has 5 rings (SSSR count). The van der Waals surface area contributed by atoms with E-state index in [0.717, 1.165) is 62.5 Å². The van der Waals surface area contributed by atoms with Crippen LogP contribution in [-0.2, 0) is 4.79 Å². The number of ketones is 1. The Hall–Kier alpha value is -1.95. The van der Waals surface area contributed by atoms with Crippen LogP contribution in [0.1, 0.15) is 70.8 Å². The number of hydrogen-bond donors (Lipinski definition) is 1. The highest BCUT2D eigenvalue weighted by Gasteiger charge is 2.61. The Labute approximate surface area is 200 Å². The molecule has 0 bridgehead atoms. The van der Waals surface area contributed by atoms with Crippen molar-refractivity contribution in [2.75, 3.05) is 7.11 Å². The molecule has 4 aliphatic rings. The minimum Gasteiger partial charge on any atom is -0.493 e. The molecule has 0 spiro atoms. The summed E-state index contributed by atoms with van der Waals surface area (Å²) < 4.78 is 35.1. The summed E-state index contributed by atoms with van der Waals surface area (Å²) in [6, 6.07) is 4.83. The Kier molecular flexibility index (Phi) is 6.02. The van der Waals surface area contributed by atoms with Crippen molar-refractivity contribution in [1.29, 1.82) is 0 Å². The van der Waals surface area contributed by atoms with E-state index in [0.29, 0.717) is 23.7 Å². The van der Waals surface area contributed by atoms with E-state index in [1.54, 1.807) is 12.1 Å². The zero-order chi connectivity index (χ0) is 24.3. The third-order valence-corrected chi connectivity index (χ3v) is 10.0. The van der Waals surface area contributed by atoms with Gasteiger partial charge in [-0.15, -0.1) is 0 Å². The van der Waals surface area contributed by atoms with Crippen LogP contribution < -0.4 is 9.47 Å². The van der Waals surface area contributed by atoms with Crippen LogP contribution >= 0.6 is 0 Å². The molecule has 6 heteroatoms. The number of carbonyl (C=O) groups is 1. The summed E-state index contributed by atoms with van der Waals surface area (Å²) in [7, 11) is 1.42. The van der Waals surface area contributed by atoms with E-state index >= 15 is 0 Å². The van der Waals surface area contributed by atoms with Gasteiger partial charge >= 0.3 is 6.61 Å². The molecule has 0 aromatic heterocycles. The Bertz CT molecular complexity index is 991. The maximum atomic E-state index is 13.7. The molecule has 0 radical (unpaired) electrons. The third-order valence-electron chi connectivity index (χ3n) is 10.0. The monoisotopic (exact) mass is 474 g/mol. The van der Waals surface area contributed by atoms with Crippen LogP contribution in [0.4, 0.5) is 8.78 Å². The van der Waals surface area contributed by atoms with E-state index in [1.807, 2.05) is 6.08 Å². The highest BCUT2D eigenvalue weighted by Crippen LogP contribution is 2.66. The van der Waals surface area contributed by atoms with Crippen LogP contribution in [0.15, 0.2) is 23.8 Å². The van der Waals surface area contributed by atoms with Gasteiger partial charge in [-0.3, -0.25) is 4.79 Å². The van der Waals surface area contributed by atoms with E-state index < -0.39 is 6.61 Å². The van der Waals surface area contributed by atoms with Gasteiger partial charge < -0.3 is 14.6 Å². The Morgan fingerprint density at radius 1 is 1.09 bits per heavy atom. The van der Waals surface area contributed by atoms with Crippen LogP contribution in [-0.4, -0.2) is 30.7 Å². The van der Waals surface area contributed by atoms with Gasteiger partial charge in [-0.25, -0.2) is 0 Å². The average molecular weight is 475 g/mol. The summed E-state index contributed by atoms with van der Waals surface area (Å²) in [4.78, 5) is 13.7. The van der Waals surface area contributed by atoms with Gasteiger partial charge in [0.25, 0.3) is 0 Å². The molecular weight excluding hydrogens is 438 g/mol. The highest BCUT2D eigenvalue weighted by atomic mass is 19.3. The average Bonchev–Trinajstić information content (AvgIpc) is 3.05. The fourth-order valence-corrected chi connectivity index (χ4v) is 8.20. The van der Waals surface area contributed by atoms with Crippen molar-refractivity contribution in [1.82, 2.24) is 0 Å². The fraction of sp³-hybridized carbons (Fsp3) is 0.679. The first-order chi connectivity index (χ1) is 16.2. The van der Waals surface area contributed by atoms with E-state index in [4.69, 9.17) is 4.74 Å². The van der Waals surface area contributed by atoms with Gasteiger partial charge in [-0.05, 0) is 110 Å². The molecule has 34 heavy (non-hydrogen) atoms. The molecule has 1 aromatic carbocycles. The number of methoxy groups -OCH3 is 1. The fourth-order valence-electron chi connectivity index (χ4n) is 8.20. The number of fused-ring (bicyclic) bond motifs is 5. The SMILES string of the molecule is COc1cc(/C=C2/C[C@@H]3[C@H]4CC[C@H]5C[C@@H](O)CC[C@]5(C)[C@@H]4CC[C@]3(C)C2=O)ccc1OC(F)F. The molecule has 0 amide bonds. The summed E-state index contributed by atoms with van der Waals surface area (Å²) in [6.45, 7) is 1.69. The molecule has 1 N–H and O–H groups in total. The van der Waals surface area contributed by atoms with E-state index in [9.17, 15) is 18.7 Å². The zero-order valence-electron chi connectivity index (χ0n) is 20.4. The molecular formula is C28H36F2O4. The number of aliphatic hydroxyl groups is 1. The molecule has 4 aliphatic carbocycles. The van der Waals surface area contributed by atoms with Crippen molar-refractivity contribution in [3.05, 3.63) is 29.3 Å². The molecule has 4 saturated carbocycles. The number of rotatable bonds is 4. The van der Waals surface area contributed by atoms with Crippen LogP contribution in [0, 0.1) is 34.5 Å². The second kappa shape index (κ2) is 8.61. The molecule has 0 unspecified atom stereocenters.